The van der Waals surface area contributed by atoms with Gasteiger partial charge in [-0.1, -0.05) is 37.6 Å². The minimum Gasteiger partial charge on any atom is -0.382 e. The van der Waals surface area contributed by atoms with Crippen molar-refractivity contribution in [3.63, 3.8) is 0 Å². The molecule has 5 aromatic rings. The fraction of sp³-hybridized carbons (Fsp3) is 0.367. The number of rotatable bonds is 8. The molecule has 1 fully saturated rings. The van der Waals surface area contributed by atoms with Crippen molar-refractivity contribution in [2.24, 2.45) is 0 Å². The highest BCUT2D eigenvalue weighted by Gasteiger charge is 2.21. The first-order valence-corrected chi connectivity index (χ1v) is 14.3. The summed E-state index contributed by atoms with van der Waals surface area (Å²) in [5.41, 5.74) is 13.4. The molecule has 0 aliphatic carbocycles. The Morgan fingerprint density at radius 2 is 1.68 bits per heavy atom. The number of aromatic nitrogens is 4. The standard InChI is InChI=1S/C30H34N6S/c1-2-3-4-26-34-27-28(29-25(13-18-37-29)33-30(27)31)36(26)20-22-7-5-21(6-8-22)19-35-16-11-24(12-17-35)23-9-14-32-15-10-23/h5-10,13-15,18,24H,2-4,11-12,16-17,19-20H2,1H3,(H2,31,33). The van der Waals surface area contributed by atoms with Crippen molar-refractivity contribution in [2.75, 3.05) is 18.8 Å². The average molecular weight is 511 g/mol. The maximum Gasteiger partial charge on any atom is 0.152 e. The van der Waals surface area contributed by atoms with Crippen molar-refractivity contribution in [3.05, 3.63) is 82.8 Å². The zero-order chi connectivity index (χ0) is 25.2. The van der Waals surface area contributed by atoms with E-state index in [2.05, 4.69) is 68.1 Å². The van der Waals surface area contributed by atoms with Gasteiger partial charge in [0.25, 0.3) is 0 Å². The number of nitrogens with zero attached hydrogens (tertiary/aromatic N) is 5. The van der Waals surface area contributed by atoms with E-state index in [0.29, 0.717) is 11.7 Å². The number of hydrogen-bond acceptors (Lipinski definition) is 6. The highest BCUT2D eigenvalue weighted by molar-refractivity contribution is 7.18. The summed E-state index contributed by atoms with van der Waals surface area (Å²) in [5.74, 6) is 2.29. The molecule has 1 aliphatic rings. The summed E-state index contributed by atoms with van der Waals surface area (Å²) < 4.78 is 3.55. The molecule has 1 aliphatic heterocycles. The van der Waals surface area contributed by atoms with Crippen LogP contribution in [0.1, 0.15) is 61.0 Å². The van der Waals surface area contributed by atoms with Crippen LogP contribution in [0.25, 0.3) is 21.3 Å². The molecule has 7 heteroatoms. The number of anilines is 1. The van der Waals surface area contributed by atoms with Gasteiger partial charge >= 0.3 is 0 Å². The van der Waals surface area contributed by atoms with Gasteiger partial charge in [-0.3, -0.25) is 9.88 Å². The van der Waals surface area contributed by atoms with Crippen molar-refractivity contribution in [1.82, 2.24) is 24.4 Å². The number of pyridine rings is 2. The van der Waals surface area contributed by atoms with Gasteiger partial charge in [0.1, 0.15) is 11.3 Å². The summed E-state index contributed by atoms with van der Waals surface area (Å²) >= 11 is 1.72. The van der Waals surface area contributed by atoms with Crippen molar-refractivity contribution in [1.29, 1.82) is 0 Å². The number of hydrogen-bond donors (Lipinski definition) is 1. The summed E-state index contributed by atoms with van der Waals surface area (Å²) in [6.07, 6.45) is 9.46. The second-order valence-corrected chi connectivity index (χ2v) is 11.1. The molecular weight excluding hydrogens is 476 g/mol. The maximum atomic E-state index is 6.35. The maximum absolute atomic E-state index is 6.35. The number of thiophene rings is 1. The Bertz CT molecular complexity index is 1480. The Kier molecular flexibility index (Phi) is 6.89. The Morgan fingerprint density at radius 1 is 0.946 bits per heavy atom. The van der Waals surface area contributed by atoms with Gasteiger partial charge in [0.2, 0.25) is 0 Å². The largest absolute Gasteiger partial charge is 0.382 e. The van der Waals surface area contributed by atoms with E-state index >= 15 is 0 Å². The van der Waals surface area contributed by atoms with Crippen molar-refractivity contribution in [3.8, 4) is 0 Å². The van der Waals surface area contributed by atoms with E-state index in [-0.39, 0.29) is 0 Å². The van der Waals surface area contributed by atoms with E-state index in [9.17, 15) is 0 Å². The normalized spacial score (nSPS) is 15.2. The van der Waals surface area contributed by atoms with Crippen molar-refractivity contribution in [2.45, 2.75) is 58.0 Å². The van der Waals surface area contributed by atoms with Gasteiger partial charge in [-0.15, -0.1) is 11.3 Å². The van der Waals surface area contributed by atoms with Crippen LogP contribution in [0.2, 0.25) is 0 Å². The van der Waals surface area contributed by atoms with E-state index < -0.39 is 0 Å². The molecule has 37 heavy (non-hydrogen) atoms. The van der Waals surface area contributed by atoms with Crippen LogP contribution in [0.15, 0.2) is 60.2 Å². The number of nitrogen functional groups attached to an aromatic ring is 1. The van der Waals surface area contributed by atoms with E-state index in [4.69, 9.17) is 10.7 Å². The van der Waals surface area contributed by atoms with Gasteiger partial charge in [0.15, 0.2) is 5.82 Å². The molecule has 1 aromatic carbocycles. The highest BCUT2D eigenvalue weighted by atomic mass is 32.1. The number of unbranched alkanes of at least 4 members (excludes halogenated alkanes) is 1. The zero-order valence-electron chi connectivity index (χ0n) is 21.4. The first kappa shape index (κ1) is 24.1. The lowest BCUT2D eigenvalue weighted by atomic mass is 9.90. The number of nitrogens with two attached hydrogens (primary N) is 1. The molecule has 0 spiro atoms. The van der Waals surface area contributed by atoms with Gasteiger partial charge in [-0.2, -0.15) is 0 Å². The van der Waals surface area contributed by atoms with Crippen LogP contribution in [0.5, 0.6) is 0 Å². The summed E-state index contributed by atoms with van der Waals surface area (Å²) in [5, 5.41) is 2.09. The minimum atomic E-state index is 0.528. The zero-order valence-corrected chi connectivity index (χ0v) is 22.3. The predicted octanol–water partition coefficient (Wildman–Crippen LogP) is 6.39. The van der Waals surface area contributed by atoms with E-state index in [1.54, 1.807) is 11.3 Å². The lowest BCUT2D eigenvalue weighted by Gasteiger charge is -2.32. The second kappa shape index (κ2) is 10.6. The molecule has 1 saturated heterocycles. The molecular formula is C30H34N6S. The quantitative estimate of drug-likeness (QED) is 0.262. The van der Waals surface area contributed by atoms with Gasteiger partial charge < -0.3 is 10.3 Å². The molecule has 190 valence electrons. The number of imidazole rings is 1. The van der Waals surface area contributed by atoms with Crippen LogP contribution < -0.4 is 5.73 Å². The lowest BCUT2D eigenvalue weighted by molar-refractivity contribution is 0.204. The molecule has 0 saturated carbocycles. The number of aryl methyl sites for hydroxylation is 1. The Morgan fingerprint density at radius 3 is 2.41 bits per heavy atom. The fourth-order valence-corrected chi connectivity index (χ4v) is 6.49. The molecule has 0 bridgehead atoms. The number of piperidine rings is 1. The second-order valence-electron chi connectivity index (χ2n) is 10.2. The number of benzene rings is 1. The molecule has 0 unspecified atom stereocenters. The monoisotopic (exact) mass is 510 g/mol. The third-order valence-corrected chi connectivity index (χ3v) is 8.59. The molecule has 0 atom stereocenters. The van der Waals surface area contributed by atoms with Gasteiger partial charge in [0, 0.05) is 31.9 Å². The van der Waals surface area contributed by atoms with Gasteiger partial charge in [-0.25, -0.2) is 9.97 Å². The van der Waals surface area contributed by atoms with Gasteiger partial charge in [-0.05, 0) is 78.5 Å². The Labute approximate surface area is 222 Å². The van der Waals surface area contributed by atoms with Crippen LogP contribution in [-0.2, 0) is 19.5 Å². The topological polar surface area (TPSA) is 72.9 Å². The van der Waals surface area contributed by atoms with Crippen LogP contribution in [-0.4, -0.2) is 37.5 Å². The van der Waals surface area contributed by atoms with Gasteiger partial charge in [0.05, 0.1) is 15.7 Å². The first-order chi connectivity index (χ1) is 18.2. The van der Waals surface area contributed by atoms with Crippen LogP contribution in [0.4, 0.5) is 5.82 Å². The molecule has 6 nitrogen and oxygen atoms in total. The number of likely N-dealkylation sites (tertiary alicyclic amines) is 1. The van der Waals surface area contributed by atoms with Crippen LogP contribution in [0.3, 0.4) is 0 Å². The predicted molar refractivity (Wildman–Crippen MR) is 153 cm³/mol. The number of fused-ring (bicyclic) bond motifs is 3. The Hall–Kier alpha value is -3.29. The molecule has 4 aromatic heterocycles. The van der Waals surface area contributed by atoms with E-state index in [1.165, 1.54) is 34.2 Å². The molecule has 2 N–H and O–H groups in total. The van der Waals surface area contributed by atoms with Crippen molar-refractivity contribution >= 4 is 38.4 Å². The average Bonchev–Trinajstić information content (AvgIpc) is 3.54. The molecule has 0 amide bonds. The minimum absolute atomic E-state index is 0.528. The third-order valence-electron chi connectivity index (χ3n) is 7.68. The van der Waals surface area contributed by atoms with Crippen molar-refractivity contribution < 1.29 is 0 Å². The van der Waals surface area contributed by atoms with E-state index in [1.807, 2.05) is 18.5 Å². The SMILES string of the molecule is CCCCc1nc2c(N)nc3ccsc3c2n1Cc1ccc(CN2CCC(c3ccncc3)CC2)cc1. The summed E-state index contributed by atoms with van der Waals surface area (Å²) in [6.45, 7) is 6.31. The summed E-state index contributed by atoms with van der Waals surface area (Å²) in [6, 6.07) is 15.6. The third kappa shape index (κ3) is 4.98. The summed E-state index contributed by atoms with van der Waals surface area (Å²) in [7, 11) is 0. The first-order valence-electron chi connectivity index (χ1n) is 13.4. The van der Waals surface area contributed by atoms with Crippen LogP contribution in [0, 0.1) is 0 Å². The molecule has 0 radical (unpaired) electrons. The van der Waals surface area contributed by atoms with Crippen LogP contribution >= 0.6 is 11.3 Å². The summed E-state index contributed by atoms with van der Waals surface area (Å²) in [4.78, 5) is 16.3. The Balaban J connectivity index is 1.18. The molecule has 6 rings (SSSR count). The lowest BCUT2D eigenvalue weighted by Crippen LogP contribution is -2.32. The highest BCUT2D eigenvalue weighted by Crippen LogP contribution is 2.33. The molecule has 5 heterocycles. The van der Waals surface area contributed by atoms with E-state index in [0.717, 1.165) is 67.8 Å². The fourth-order valence-electron chi connectivity index (χ4n) is 5.61. The smallest absolute Gasteiger partial charge is 0.152 e.